The number of sulfone groups is 1. The van der Waals surface area contributed by atoms with E-state index in [2.05, 4.69) is 10.3 Å². The predicted molar refractivity (Wildman–Crippen MR) is 101 cm³/mol. The van der Waals surface area contributed by atoms with Gasteiger partial charge in [-0.05, 0) is 26.0 Å². The minimum atomic E-state index is -3.34. The van der Waals surface area contributed by atoms with Gasteiger partial charge in [0, 0.05) is 12.6 Å². The molecule has 2 saturated heterocycles. The fourth-order valence-corrected chi connectivity index (χ4v) is 5.65. The number of rotatable bonds is 3. The van der Waals surface area contributed by atoms with Crippen LogP contribution in [0.5, 0.6) is 0 Å². The average Bonchev–Trinajstić information content (AvgIpc) is 2.97. The summed E-state index contributed by atoms with van der Waals surface area (Å²) in [5.74, 6) is -0.0528. The molecule has 27 heavy (non-hydrogen) atoms. The van der Waals surface area contributed by atoms with Crippen LogP contribution < -0.4 is 5.32 Å². The normalized spacial score (nSPS) is 23.5. The highest BCUT2D eigenvalue weighted by molar-refractivity contribution is 7.92. The van der Waals surface area contributed by atoms with Gasteiger partial charge in [-0.15, -0.1) is 0 Å². The highest BCUT2D eigenvalue weighted by atomic mass is 32.2. The Kier molecular flexibility index (Phi) is 4.38. The standard InChI is InChI=1S/C18H24N4O4S/c1-13(2)20-17(23)22-9-18(10-22)11-27(24,25)14(8-26-18)7-21-12-19-15-5-3-4-6-16(15)21/h3-6,12-14H,7-11H2,1-2H3,(H,20,23)/t14-/m0/s1. The van der Waals surface area contributed by atoms with Crippen LogP contribution in [0, 0.1) is 0 Å². The fraction of sp³-hybridized carbons (Fsp3) is 0.556. The number of likely N-dealkylation sites (tertiary alicyclic amines) is 1. The molecule has 1 atom stereocenters. The highest BCUT2D eigenvalue weighted by Crippen LogP contribution is 2.33. The third-order valence-corrected chi connectivity index (χ3v) is 7.36. The summed E-state index contributed by atoms with van der Waals surface area (Å²) in [5.41, 5.74) is 0.989. The molecule has 3 heterocycles. The van der Waals surface area contributed by atoms with Crippen LogP contribution in [0.25, 0.3) is 11.0 Å². The van der Waals surface area contributed by atoms with Crippen LogP contribution in [0.2, 0.25) is 0 Å². The van der Waals surface area contributed by atoms with Gasteiger partial charge in [-0.3, -0.25) is 0 Å². The summed E-state index contributed by atoms with van der Waals surface area (Å²) in [5, 5.41) is 2.20. The average molecular weight is 392 g/mol. The maximum absolute atomic E-state index is 12.9. The fourth-order valence-electron chi connectivity index (χ4n) is 3.75. The number of para-hydroxylation sites is 2. The van der Waals surface area contributed by atoms with Crippen LogP contribution in [0.4, 0.5) is 4.79 Å². The van der Waals surface area contributed by atoms with Gasteiger partial charge in [-0.1, -0.05) is 12.1 Å². The minimum Gasteiger partial charge on any atom is -0.369 e. The summed E-state index contributed by atoms with van der Waals surface area (Å²) in [4.78, 5) is 17.9. The van der Waals surface area contributed by atoms with E-state index in [9.17, 15) is 13.2 Å². The Labute approximate surface area is 158 Å². The molecule has 2 amide bonds. The molecule has 4 rings (SSSR count). The van der Waals surface area contributed by atoms with Crippen LogP contribution >= 0.6 is 0 Å². The van der Waals surface area contributed by atoms with E-state index in [1.54, 1.807) is 11.2 Å². The Bertz CT molecular complexity index is 963. The molecule has 0 saturated carbocycles. The number of nitrogens with one attached hydrogen (secondary N) is 1. The SMILES string of the molecule is CC(C)NC(=O)N1CC2(C1)CS(=O)(=O)[C@@H](Cn1cnc3ccccc31)CO2. The van der Waals surface area contributed by atoms with E-state index in [0.29, 0.717) is 19.6 Å². The second kappa shape index (κ2) is 6.49. The summed E-state index contributed by atoms with van der Waals surface area (Å²) in [7, 11) is -3.34. The largest absolute Gasteiger partial charge is 0.369 e. The molecular weight excluding hydrogens is 368 g/mol. The van der Waals surface area contributed by atoms with E-state index < -0.39 is 20.7 Å². The van der Waals surface area contributed by atoms with Gasteiger partial charge in [0.1, 0.15) is 10.9 Å². The number of fused-ring (bicyclic) bond motifs is 1. The van der Waals surface area contributed by atoms with Crippen molar-refractivity contribution in [2.45, 2.75) is 37.3 Å². The number of carbonyl (C=O) groups is 1. The van der Waals surface area contributed by atoms with Gasteiger partial charge in [0.25, 0.3) is 0 Å². The first-order chi connectivity index (χ1) is 12.8. The number of urea groups is 1. The second-order valence-electron chi connectivity index (χ2n) is 7.77. The summed E-state index contributed by atoms with van der Waals surface area (Å²) < 4.78 is 33.6. The van der Waals surface area contributed by atoms with E-state index in [4.69, 9.17) is 4.74 Å². The van der Waals surface area contributed by atoms with Crippen LogP contribution in [0.15, 0.2) is 30.6 Å². The number of hydrogen-bond acceptors (Lipinski definition) is 5. The van der Waals surface area contributed by atoms with Crippen molar-refractivity contribution in [1.82, 2.24) is 19.8 Å². The smallest absolute Gasteiger partial charge is 0.317 e. The van der Waals surface area contributed by atoms with E-state index in [-0.39, 0.29) is 24.4 Å². The number of benzene rings is 1. The first kappa shape index (κ1) is 18.2. The maximum Gasteiger partial charge on any atom is 0.317 e. The number of nitrogens with zero attached hydrogens (tertiary/aromatic N) is 3. The molecule has 1 N–H and O–H groups in total. The number of aromatic nitrogens is 2. The molecule has 146 valence electrons. The van der Waals surface area contributed by atoms with Gasteiger partial charge in [-0.25, -0.2) is 18.2 Å². The van der Waals surface area contributed by atoms with Crippen LogP contribution in [-0.4, -0.2) is 71.2 Å². The zero-order chi connectivity index (χ0) is 19.2. The molecular formula is C18H24N4O4S. The molecule has 2 aliphatic heterocycles. The first-order valence-corrected chi connectivity index (χ1v) is 10.8. The third kappa shape index (κ3) is 3.41. The van der Waals surface area contributed by atoms with E-state index in [0.717, 1.165) is 11.0 Å². The van der Waals surface area contributed by atoms with Crippen LogP contribution in [0.3, 0.4) is 0 Å². The number of ether oxygens (including phenoxy) is 1. The summed E-state index contributed by atoms with van der Waals surface area (Å²) in [6.45, 7) is 4.85. The molecule has 2 fully saturated rings. The van der Waals surface area contributed by atoms with Crippen molar-refractivity contribution in [2.75, 3.05) is 25.4 Å². The maximum atomic E-state index is 12.9. The van der Waals surface area contributed by atoms with Gasteiger partial charge in [0.15, 0.2) is 9.84 Å². The molecule has 2 aromatic rings. The van der Waals surface area contributed by atoms with Crippen molar-refractivity contribution in [3.8, 4) is 0 Å². The number of hydrogen-bond donors (Lipinski definition) is 1. The number of amides is 2. The molecule has 0 radical (unpaired) electrons. The molecule has 8 nitrogen and oxygen atoms in total. The summed E-state index contributed by atoms with van der Waals surface area (Å²) >= 11 is 0. The van der Waals surface area contributed by atoms with Gasteiger partial charge in [0.05, 0.1) is 42.8 Å². The molecule has 0 aliphatic carbocycles. The van der Waals surface area contributed by atoms with Crippen LogP contribution in [-0.2, 0) is 21.1 Å². The van der Waals surface area contributed by atoms with Crippen molar-refractivity contribution in [2.24, 2.45) is 0 Å². The topological polar surface area (TPSA) is 93.5 Å². The molecule has 0 unspecified atom stereocenters. The Balaban J connectivity index is 1.43. The lowest BCUT2D eigenvalue weighted by Gasteiger charge is -2.52. The quantitative estimate of drug-likeness (QED) is 0.842. The van der Waals surface area contributed by atoms with E-state index in [1.807, 2.05) is 42.7 Å². The number of imidazole rings is 1. The lowest BCUT2D eigenvalue weighted by atomic mass is 9.96. The zero-order valence-corrected chi connectivity index (χ0v) is 16.3. The predicted octanol–water partition coefficient (Wildman–Crippen LogP) is 1.02. The Morgan fingerprint density at radius 2 is 2.11 bits per heavy atom. The van der Waals surface area contributed by atoms with Crippen LogP contribution in [0.1, 0.15) is 13.8 Å². The first-order valence-electron chi connectivity index (χ1n) is 9.09. The van der Waals surface area contributed by atoms with Crippen molar-refractivity contribution in [1.29, 1.82) is 0 Å². The Morgan fingerprint density at radius 3 is 2.81 bits per heavy atom. The lowest BCUT2D eigenvalue weighted by molar-refractivity contribution is -0.118. The molecule has 0 bridgehead atoms. The van der Waals surface area contributed by atoms with E-state index in [1.165, 1.54) is 0 Å². The van der Waals surface area contributed by atoms with Gasteiger partial charge in [-0.2, -0.15) is 0 Å². The summed E-state index contributed by atoms with van der Waals surface area (Å²) in [6, 6.07) is 7.51. The minimum absolute atomic E-state index is 0.0411. The van der Waals surface area contributed by atoms with Crippen molar-refractivity contribution >= 4 is 26.9 Å². The summed E-state index contributed by atoms with van der Waals surface area (Å²) in [6.07, 6.45) is 1.67. The van der Waals surface area contributed by atoms with Crippen molar-refractivity contribution in [3.63, 3.8) is 0 Å². The molecule has 1 aromatic carbocycles. The lowest BCUT2D eigenvalue weighted by Crippen LogP contribution is -2.72. The Hall–Kier alpha value is -2.13. The third-order valence-electron chi connectivity index (χ3n) is 5.13. The monoisotopic (exact) mass is 392 g/mol. The zero-order valence-electron chi connectivity index (χ0n) is 15.5. The molecule has 1 aromatic heterocycles. The number of carbonyl (C=O) groups excluding carboxylic acids is 1. The van der Waals surface area contributed by atoms with Gasteiger partial charge in [0.2, 0.25) is 0 Å². The molecule has 2 aliphatic rings. The van der Waals surface area contributed by atoms with Gasteiger partial charge >= 0.3 is 6.03 Å². The second-order valence-corrected chi connectivity index (χ2v) is 10.1. The van der Waals surface area contributed by atoms with Gasteiger partial charge < -0.3 is 19.5 Å². The Morgan fingerprint density at radius 1 is 1.37 bits per heavy atom. The molecule has 9 heteroatoms. The van der Waals surface area contributed by atoms with E-state index >= 15 is 0 Å². The van der Waals surface area contributed by atoms with Crippen molar-refractivity contribution in [3.05, 3.63) is 30.6 Å². The highest BCUT2D eigenvalue weighted by Gasteiger charge is 2.53. The van der Waals surface area contributed by atoms with Crippen molar-refractivity contribution < 1.29 is 17.9 Å². The molecule has 1 spiro atoms.